The fourth-order valence-electron chi connectivity index (χ4n) is 2.84. The van der Waals surface area contributed by atoms with E-state index in [1.54, 1.807) is 0 Å². The zero-order chi connectivity index (χ0) is 14.4. The Morgan fingerprint density at radius 3 is 2.15 bits per heavy atom. The highest BCUT2D eigenvalue weighted by Gasteiger charge is 2.28. The highest BCUT2D eigenvalue weighted by Crippen LogP contribution is 2.22. The summed E-state index contributed by atoms with van der Waals surface area (Å²) in [6, 6.07) is 19.0. The highest BCUT2D eigenvalue weighted by molar-refractivity contribution is 6.73. The molecule has 0 heterocycles. The lowest BCUT2D eigenvalue weighted by molar-refractivity contribution is 0.303. The molecular formula is C18H26OSi. The molecule has 0 aromatic heterocycles. The van der Waals surface area contributed by atoms with Crippen LogP contribution in [0.1, 0.15) is 26.3 Å². The van der Waals surface area contributed by atoms with Gasteiger partial charge in [0.1, 0.15) is 0 Å². The molecule has 0 atom stereocenters. The first-order chi connectivity index (χ1) is 9.73. The van der Waals surface area contributed by atoms with Gasteiger partial charge in [-0.15, -0.1) is 0 Å². The smallest absolute Gasteiger partial charge is 0.191 e. The summed E-state index contributed by atoms with van der Waals surface area (Å²) >= 11 is 0. The van der Waals surface area contributed by atoms with Crippen LogP contribution in [-0.4, -0.2) is 14.9 Å². The Balaban J connectivity index is 1.99. The van der Waals surface area contributed by atoms with Crippen molar-refractivity contribution in [2.24, 2.45) is 0 Å². The fourth-order valence-corrected chi connectivity index (χ4v) is 5.48. The van der Waals surface area contributed by atoms with Crippen molar-refractivity contribution in [2.75, 3.05) is 6.61 Å². The van der Waals surface area contributed by atoms with Crippen LogP contribution < -0.4 is 0 Å². The average Bonchev–Trinajstić information content (AvgIpc) is 2.52. The van der Waals surface area contributed by atoms with Gasteiger partial charge >= 0.3 is 0 Å². The molecule has 0 amide bonds. The van der Waals surface area contributed by atoms with Crippen LogP contribution in [0.25, 0.3) is 10.8 Å². The van der Waals surface area contributed by atoms with Crippen molar-refractivity contribution >= 4 is 19.1 Å². The molecule has 108 valence electrons. The molecule has 1 nitrogen and oxygen atoms in total. The van der Waals surface area contributed by atoms with Gasteiger partial charge in [0, 0.05) is 6.61 Å². The van der Waals surface area contributed by atoms with Crippen molar-refractivity contribution in [1.29, 1.82) is 0 Å². The van der Waals surface area contributed by atoms with Gasteiger partial charge in [0.25, 0.3) is 0 Å². The Bertz CT molecular complexity index is 538. The average molecular weight is 286 g/mol. The second kappa shape index (κ2) is 7.05. The SMILES string of the molecule is CC[Si](CC)(CC)OCCc1ccc2ccccc2c1. The van der Waals surface area contributed by atoms with Crippen LogP contribution >= 0.6 is 0 Å². The zero-order valence-electron chi connectivity index (χ0n) is 13.0. The van der Waals surface area contributed by atoms with E-state index < -0.39 is 8.32 Å². The van der Waals surface area contributed by atoms with Gasteiger partial charge in [0.15, 0.2) is 8.32 Å². The number of hydrogen-bond donors (Lipinski definition) is 0. The van der Waals surface area contributed by atoms with Gasteiger partial charge in [-0.05, 0) is 40.9 Å². The minimum Gasteiger partial charge on any atom is -0.416 e. The molecule has 0 bridgehead atoms. The van der Waals surface area contributed by atoms with E-state index in [-0.39, 0.29) is 0 Å². The molecule has 2 aromatic carbocycles. The molecule has 0 saturated heterocycles. The first-order valence-corrected chi connectivity index (χ1v) is 10.4. The van der Waals surface area contributed by atoms with E-state index in [9.17, 15) is 0 Å². The van der Waals surface area contributed by atoms with Gasteiger partial charge in [-0.1, -0.05) is 63.2 Å². The molecule has 0 fully saturated rings. The summed E-state index contributed by atoms with van der Waals surface area (Å²) in [6.45, 7) is 7.74. The van der Waals surface area contributed by atoms with Crippen molar-refractivity contribution in [3.63, 3.8) is 0 Å². The van der Waals surface area contributed by atoms with Crippen LogP contribution in [0.4, 0.5) is 0 Å². The van der Waals surface area contributed by atoms with Gasteiger partial charge in [-0.3, -0.25) is 0 Å². The molecule has 0 radical (unpaired) electrons. The van der Waals surface area contributed by atoms with Crippen molar-refractivity contribution < 1.29 is 4.43 Å². The molecular weight excluding hydrogens is 260 g/mol. The van der Waals surface area contributed by atoms with Crippen LogP contribution in [0.15, 0.2) is 42.5 Å². The quantitative estimate of drug-likeness (QED) is 0.619. The third-order valence-corrected chi connectivity index (χ3v) is 9.23. The Morgan fingerprint density at radius 2 is 1.50 bits per heavy atom. The van der Waals surface area contributed by atoms with Crippen molar-refractivity contribution in [3.05, 3.63) is 48.0 Å². The van der Waals surface area contributed by atoms with E-state index in [0.717, 1.165) is 13.0 Å². The molecule has 0 aliphatic carbocycles. The van der Waals surface area contributed by atoms with Gasteiger partial charge in [0.2, 0.25) is 0 Å². The van der Waals surface area contributed by atoms with E-state index in [0.29, 0.717) is 0 Å². The van der Waals surface area contributed by atoms with Gasteiger partial charge in [-0.2, -0.15) is 0 Å². The molecule has 0 saturated carbocycles. The minimum absolute atomic E-state index is 0.875. The number of rotatable bonds is 7. The van der Waals surface area contributed by atoms with E-state index in [2.05, 4.69) is 63.2 Å². The summed E-state index contributed by atoms with van der Waals surface area (Å²) in [7, 11) is -1.42. The normalized spacial score (nSPS) is 11.9. The molecule has 2 heteroatoms. The predicted octanol–water partition coefficient (Wildman–Crippen LogP) is 5.40. The van der Waals surface area contributed by atoms with Crippen molar-refractivity contribution in [3.8, 4) is 0 Å². The van der Waals surface area contributed by atoms with Crippen LogP contribution in [0.2, 0.25) is 18.1 Å². The third-order valence-electron chi connectivity index (χ3n) is 4.55. The van der Waals surface area contributed by atoms with Crippen LogP contribution in [0, 0.1) is 0 Å². The number of benzene rings is 2. The maximum atomic E-state index is 6.33. The van der Waals surface area contributed by atoms with Gasteiger partial charge in [-0.25, -0.2) is 0 Å². The predicted molar refractivity (Wildman–Crippen MR) is 90.8 cm³/mol. The molecule has 2 aromatic rings. The topological polar surface area (TPSA) is 9.23 Å². The summed E-state index contributed by atoms with van der Waals surface area (Å²) in [4.78, 5) is 0. The molecule has 0 spiro atoms. The lowest BCUT2D eigenvalue weighted by Crippen LogP contribution is -2.36. The Hall–Kier alpha value is -1.12. The lowest BCUT2D eigenvalue weighted by Gasteiger charge is -2.28. The van der Waals surface area contributed by atoms with E-state index in [4.69, 9.17) is 4.43 Å². The second-order valence-corrected chi connectivity index (χ2v) is 10.3. The van der Waals surface area contributed by atoms with Crippen LogP contribution in [-0.2, 0) is 10.8 Å². The maximum Gasteiger partial charge on any atom is 0.191 e. The maximum absolute atomic E-state index is 6.33. The molecule has 0 unspecified atom stereocenters. The van der Waals surface area contributed by atoms with E-state index in [1.807, 2.05) is 0 Å². The number of fused-ring (bicyclic) bond motifs is 1. The monoisotopic (exact) mass is 286 g/mol. The molecule has 20 heavy (non-hydrogen) atoms. The number of hydrogen-bond acceptors (Lipinski definition) is 1. The molecule has 0 N–H and O–H groups in total. The fraction of sp³-hybridized carbons (Fsp3) is 0.444. The zero-order valence-corrected chi connectivity index (χ0v) is 14.0. The third kappa shape index (κ3) is 3.50. The first-order valence-electron chi connectivity index (χ1n) is 7.84. The Morgan fingerprint density at radius 1 is 0.850 bits per heavy atom. The molecule has 2 rings (SSSR count). The van der Waals surface area contributed by atoms with Crippen LogP contribution in [0.3, 0.4) is 0 Å². The van der Waals surface area contributed by atoms with E-state index in [1.165, 1.54) is 34.5 Å². The summed E-state index contributed by atoms with van der Waals surface area (Å²) in [5.74, 6) is 0. The van der Waals surface area contributed by atoms with E-state index >= 15 is 0 Å². The summed E-state index contributed by atoms with van der Waals surface area (Å²) in [6.07, 6.45) is 1.03. The van der Waals surface area contributed by atoms with Gasteiger partial charge < -0.3 is 4.43 Å². The Labute approximate surface area is 124 Å². The lowest BCUT2D eigenvalue weighted by atomic mass is 10.1. The van der Waals surface area contributed by atoms with Crippen molar-refractivity contribution in [2.45, 2.75) is 45.3 Å². The molecule has 0 aliphatic heterocycles. The summed E-state index contributed by atoms with van der Waals surface area (Å²) < 4.78 is 6.33. The van der Waals surface area contributed by atoms with Crippen molar-refractivity contribution in [1.82, 2.24) is 0 Å². The minimum atomic E-state index is -1.42. The Kier molecular flexibility index (Phi) is 5.38. The summed E-state index contributed by atoms with van der Waals surface area (Å²) in [5, 5.41) is 2.64. The van der Waals surface area contributed by atoms with Gasteiger partial charge in [0.05, 0.1) is 0 Å². The van der Waals surface area contributed by atoms with Crippen LogP contribution in [0.5, 0.6) is 0 Å². The summed E-state index contributed by atoms with van der Waals surface area (Å²) in [5.41, 5.74) is 1.38. The largest absolute Gasteiger partial charge is 0.416 e. The highest BCUT2D eigenvalue weighted by atomic mass is 28.4. The standard InChI is InChI=1S/C18H26OSi/c1-4-20(5-2,6-3)19-14-13-16-11-12-17-9-7-8-10-18(17)15-16/h7-12,15H,4-6,13-14H2,1-3H3. The molecule has 0 aliphatic rings. The second-order valence-electron chi connectivity index (χ2n) is 5.52. The first kappa shape index (κ1) is 15.3.